The molecule has 3 aromatic rings. The summed E-state index contributed by atoms with van der Waals surface area (Å²) in [5, 5.41) is 5.93. The molecule has 1 aliphatic rings. The van der Waals surface area contributed by atoms with Crippen molar-refractivity contribution < 1.29 is 31.3 Å². The predicted octanol–water partition coefficient (Wildman–Crippen LogP) is 4.04. The minimum atomic E-state index is -4.81. The quantitative estimate of drug-likeness (QED) is 0.592. The van der Waals surface area contributed by atoms with Crippen molar-refractivity contribution in [1.82, 2.24) is 20.4 Å². The van der Waals surface area contributed by atoms with E-state index in [1.807, 2.05) is 4.90 Å². The summed E-state index contributed by atoms with van der Waals surface area (Å²) < 4.78 is 70.2. The first-order valence-electron chi connectivity index (χ1n) is 9.68. The molecule has 1 saturated heterocycles. The van der Waals surface area contributed by atoms with Crippen molar-refractivity contribution in [3.63, 3.8) is 0 Å². The average molecular weight is 452 g/mol. The molecule has 0 aliphatic carbocycles. The van der Waals surface area contributed by atoms with Gasteiger partial charge in [-0.25, -0.2) is 8.78 Å². The molecule has 0 spiro atoms. The van der Waals surface area contributed by atoms with Gasteiger partial charge in [-0.05, 0) is 24.6 Å². The molecule has 0 bridgehead atoms. The SMILES string of the molecule is O=C(NC1CCN(Cc2ccccc2F)C1)c1ccc(-c2noc(C(F)(F)F)n2)cc1F. The van der Waals surface area contributed by atoms with Gasteiger partial charge in [0.25, 0.3) is 5.91 Å². The molecule has 6 nitrogen and oxygen atoms in total. The molecule has 2 aromatic carbocycles. The molecule has 1 amide bonds. The number of nitrogens with one attached hydrogen (secondary N) is 1. The average Bonchev–Trinajstić information content (AvgIpc) is 3.39. The normalized spacial score (nSPS) is 17.0. The molecule has 1 unspecified atom stereocenters. The summed E-state index contributed by atoms with van der Waals surface area (Å²) in [6.45, 7) is 1.51. The van der Waals surface area contributed by atoms with Crippen LogP contribution in [0.4, 0.5) is 22.0 Å². The number of benzene rings is 2. The van der Waals surface area contributed by atoms with E-state index in [1.165, 1.54) is 12.1 Å². The van der Waals surface area contributed by atoms with Crippen molar-refractivity contribution in [1.29, 1.82) is 0 Å². The van der Waals surface area contributed by atoms with Crippen LogP contribution in [-0.4, -0.2) is 40.1 Å². The summed E-state index contributed by atoms with van der Waals surface area (Å²) in [5.74, 6) is -3.87. The van der Waals surface area contributed by atoms with E-state index in [2.05, 4.69) is 20.0 Å². The summed E-state index contributed by atoms with van der Waals surface area (Å²) in [6.07, 6.45) is -4.20. The van der Waals surface area contributed by atoms with E-state index < -0.39 is 29.6 Å². The van der Waals surface area contributed by atoms with Crippen LogP contribution in [0.1, 0.15) is 28.2 Å². The Balaban J connectivity index is 1.39. The number of rotatable bonds is 5. The second-order valence-corrected chi connectivity index (χ2v) is 7.40. The molecule has 0 radical (unpaired) electrons. The number of amides is 1. The number of hydrogen-bond donors (Lipinski definition) is 1. The monoisotopic (exact) mass is 452 g/mol. The second kappa shape index (κ2) is 8.65. The van der Waals surface area contributed by atoms with E-state index in [-0.39, 0.29) is 23.0 Å². The maximum absolute atomic E-state index is 14.5. The maximum atomic E-state index is 14.5. The fourth-order valence-corrected chi connectivity index (χ4v) is 3.52. The number of aromatic nitrogens is 2. The van der Waals surface area contributed by atoms with Gasteiger partial charge in [-0.15, -0.1) is 0 Å². The first-order valence-corrected chi connectivity index (χ1v) is 9.68. The molecule has 1 fully saturated rings. The smallest absolute Gasteiger partial charge is 0.348 e. The largest absolute Gasteiger partial charge is 0.471 e. The van der Waals surface area contributed by atoms with Crippen molar-refractivity contribution in [2.24, 2.45) is 0 Å². The van der Waals surface area contributed by atoms with Crippen LogP contribution in [0.5, 0.6) is 0 Å². The van der Waals surface area contributed by atoms with Crippen molar-refractivity contribution in [3.05, 3.63) is 71.1 Å². The Kier molecular flexibility index (Phi) is 5.92. The zero-order chi connectivity index (χ0) is 22.9. The molecule has 11 heteroatoms. The topological polar surface area (TPSA) is 71.3 Å². The molecule has 1 atom stereocenters. The van der Waals surface area contributed by atoms with Crippen LogP contribution in [0.3, 0.4) is 0 Å². The first-order chi connectivity index (χ1) is 15.2. The van der Waals surface area contributed by atoms with E-state index in [0.29, 0.717) is 31.6 Å². The lowest BCUT2D eigenvalue weighted by Crippen LogP contribution is -2.37. The van der Waals surface area contributed by atoms with Gasteiger partial charge < -0.3 is 9.84 Å². The van der Waals surface area contributed by atoms with Gasteiger partial charge >= 0.3 is 12.1 Å². The van der Waals surface area contributed by atoms with Gasteiger partial charge in [0.15, 0.2) is 0 Å². The summed E-state index contributed by atoms with van der Waals surface area (Å²) in [7, 11) is 0. The van der Waals surface area contributed by atoms with Gasteiger partial charge in [0.1, 0.15) is 11.6 Å². The highest BCUT2D eigenvalue weighted by molar-refractivity contribution is 5.95. The maximum Gasteiger partial charge on any atom is 0.471 e. The Labute approximate surface area is 179 Å². The molecule has 4 rings (SSSR count). The number of likely N-dealkylation sites (tertiary alicyclic amines) is 1. The van der Waals surface area contributed by atoms with Crippen LogP contribution in [0.15, 0.2) is 47.0 Å². The van der Waals surface area contributed by atoms with Crippen molar-refractivity contribution >= 4 is 5.91 Å². The number of alkyl halides is 3. The third kappa shape index (κ3) is 4.77. The summed E-state index contributed by atoms with van der Waals surface area (Å²) in [4.78, 5) is 17.7. The molecule has 168 valence electrons. The molecule has 0 saturated carbocycles. The number of carbonyl (C=O) groups excluding carboxylic acids is 1. The lowest BCUT2D eigenvalue weighted by atomic mass is 10.1. The minimum Gasteiger partial charge on any atom is -0.348 e. The van der Waals surface area contributed by atoms with E-state index >= 15 is 0 Å². The summed E-state index contributed by atoms with van der Waals surface area (Å²) >= 11 is 0. The Morgan fingerprint density at radius 3 is 2.62 bits per heavy atom. The highest BCUT2D eigenvalue weighted by Gasteiger charge is 2.38. The van der Waals surface area contributed by atoms with E-state index in [1.54, 1.807) is 18.2 Å². The van der Waals surface area contributed by atoms with Crippen molar-refractivity contribution in [3.8, 4) is 11.4 Å². The number of hydrogen-bond acceptors (Lipinski definition) is 5. The molecule has 1 aliphatic heterocycles. The zero-order valence-electron chi connectivity index (χ0n) is 16.5. The molecule has 1 N–H and O–H groups in total. The van der Waals surface area contributed by atoms with Gasteiger partial charge in [0, 0.05) is 36.8 Å². The van der Waals surface area contributed by atoms with Gasteiger partial charge in [0.05, 0.1) is 5.56 Å². The van der Waals surface area contributed by atoms with E-state index in [4.69, 9.17) is 0 Å². The van der Waals surface area contributed by atoms with Crippen LogP contribution in [0.2, 0.25) is 0 Å². The number of nitrogens with zero attached hydrogens (tertiary/aromatic N) is 3. The van der Waals surface area contributed by atoms with Gasteiger partial charge in [-0.2, -0.15) is 18.2 Å². The number of halogens is 5. The van der Waals surface area contributed by atoms with E-state index in [0.717, 1.165) is 12.1 Å². The van der Waals surface area contributed by atoms with Gasteiger partial charge in [-0.1, -0.05) is 29.4 Å². The van der Waals surface area contributed by atoms with Gasteiger partial charge in [-0.3, -0.25) is 9.69 Å². The Hall–Kier alpha value is -3.34. The van der Waals surface area contributed by atoms with Crippen molar-refractivity contribution in [2.45, 2.75) is 25.2 Å². The summed E-state index contributed by atoms with van der Waals surface area (Å²) in [5.41, 5.74) is 0.229. The van der Waals surface area contributed by atoms with Crippen LogP contribution >= 0.6 is 0 Å². The molecule has 32 heavy (non-hydrogen) atoms. The molecule has 1 aromatic heterocycles. The lowest BCUT2D eigenvalue weighted by molar-refractivity contribution is -0.159. The third-order valence-electron chi connectivity index (χ3n) is 5.10. The standard InChI is InChI=1S/C21H17F5N4O2/c22-16-4-2-1-3-13(16)10-30-8-7-14(11-30)27-19(31)15-6-5-12(9-17(15)23)18-28-20(32-29-18)21(24,25)26/h1-6,9,14H,7-8,10-11H2,(H,27,31). The molecule has 2 heterocycles. The lowest BCUT2D eigenvalue weighted by Gasteiger charge is -2.17. The van der Waals surface area contributed by atoms with Crippen LogP contribution < -0.4 is 5.32 Å². The minimum absolute atomic E-state index is 0.0600. The van der Waals surface area contributed by atoms with Crippen LogP contribution in [0.25, 0.3) is 11.4 Å². The predicted molar refractivity (Wildman–Crippen MR) is 102 cm³/mol. The van der Waals surface area contributed by atoms with Crippen LogP contribution in [0, 0.1) is 11.6 Å². The summed E-state index contributed by atoms with van der Waals surface area (Å²) in [6, 6.07) is 9.45. The van der Waals surface area contributed by atoms with Gasteiger partial charge in [0.2, 0.25) is 5.82 Å². The first kappa shape index (κ1) is 21.9. The fourth-order valence-electron chi connectivity index (χ4n) is 3.52. The molecular formula is C21H17F5N4O2. The highest BCUT2D eigenvalue weighted by Crippen LogP contribution is 2.29. The zero-order valence-corrected chi connectivity index (χ0v) is 16.5. The second-order valence-electron chi connectivity index (χ2n) is 7.40. The third-order valence-corrected chi connectivity index (χ3v) is 5.10. The molecular weight excluding hydrogens is 435 g/mol. The Bertz CT molecular complexity index is 1130. The fraction of sp³-hybridized carbons (Fsp3) is 0.286. The van der Waals surface area contributed by atoms with Crippen molar-refractivity contribution in [2.75, 3.05) is 13.1 Å². The highest BCUT2D eigenvalue weighted by atomic mass is 19.4. The number of carbonyl (C=O) groups is 1. The van der Waals surface area contributed by atoms with E-state index in [9.17, 15) is 26.7 Å². The Morgan fingerprint density at radius 1 is 1.16 bits per heavy atom. The Morgan fingerprint density at radius 2 is 1.94 bits per heavy atom. The van der Waals surface area contributed by atoms with Crippen LogP contribution in [-0.2, 0) is 12.7 Å².